The molecule has 2 amide bonds. The summed E-state index contributed by atoms with van der Waals surface area (Å²) >= 11 is 0. The fourth-order valence-corrected chi connectivity index (χ4v) is 2.72. The van der Waals surface area contributed by atoms with Gasteiger partial charge < -0.3 is 20.3 Å². The number of amides is 2. The van der Waals surface area contributed by atoms with Crippen LogP contribution in [0.15, 0.2) is 0 Å². The number of hydrogen-bond donors (Lipinski definition) is 2. The van der Waals surface area contributed by atoms with Gasteiger partial charge in [0.05, 0.1) is 13.2 Å². The molecule has 2 atom stereocenters. The Bertz CT molecular complexity index is 342. The van der Waals surface area contributed by atoms with E-state index >= 15 is 0 Å². The minimum absolute atomic E-state index is 0. The van der Waals surface area contributed by atoms with Gasteiger partial charge >= 0.3 is 0 Å². The zero-order valence-electron chi connectivity index (χ0n) is 12.6. The fourth-order valence-electron chi connectivity index (χ4n) is 2.72. The largest absolute Gasteiger partial charge is 0.378 e. The molecule has 2 saturated heterocycles. The van der Waals surface area contributed by atoms with Crippen LogP contribution < -0.4 is 10.6 Å². The lowest BCUT2D eigenvalue weighted by Gasteiger charge is -2.30. The lowest BCUT2D eigenvalue weighted by Crippen LogP contribution is -2.50. The van der Waals surface area contributed by atoms with E-state index in [2.05, 4.69) is 10.6 Å². The van der Waals surface area contributed by atoms with Gasteiger partial charge in [-0.05, 0) is 26.2 Å². The summed E-state index contributed by atoms with van der Waals surface area (Å²) in [4.78, 5) is 26.0. The van der Waals surface area contributed by atoms with Crippen molar-refractivity contribution < 1.29 is 14.3 Å². The molecule has 2 fully saturated rings. The second-order valence-electron chi connectivity index (χ2n) is 5.61. The van der Waals surface area contributed by atoms with Crippen LogP contribution in [0.4, 0.5) is 0 Å². The Morgan fingerprint density at radius 3 is 2.67 bits per heavy atom. The van der Waals surface area contributed by atoms with Gasteiger partial charge in [-0.15, -0.1) is 12.4 Å². The molecular formula is C14H26ClN3O3. The summed E-state index contributed by atoms with van der Waals surface area (Å²) < 4.78 is 5.31. The molecule has 2 aliphatic heterocycles. The average Bonchev–Trinajstić information content (AvgIpc) is 2.48. The molecule has 7 heteroatoms. The molecule has 2 rings (SSSR count). The van der Waals surface area contributed by atoms with Crippen LogP contribution in [0.5, 0.6) is 0 Å². The molecule has 0 saturated carbocycles. The first-order valence-electron chi connectivity index (χ1n) is 7.56. The second-order valence-corrected chi connectivity index (χ2v) is 5.61. The smallest absolute Gasteiger partial charge is 0.244 e. The Hall–Kier alpha value is -0.850. The molecule has 2 heterocycles. The quantitative estimate of drug-likeness (QED) is 0.782. The van der Waals surface area contributed by atoms with Crippen LogP contribution >= 0.6 is 12.4 Å². The summed E-state index contributed by atoms with van der Waals surface area (Å²) in [7, 11) is 0. The van der Waals surface area contributed by atoms with Gasteiger partial charge in [-0.25, -0.2) is 0 Å². The van der Waals surface area contributed by atoms with Crippen LogP contribution in [0.25, 0.3) is 0 Å². The summed E-state index contributed by atoms with van der Waals surface area (Å²) in [5, 5.41) is 6.03. The highest BCUT2D eigenvalue weighted by Crippen LogP contribution is 2.10. The number of carbonyl (C=O) groups is 2. The second kappa shape index (κ2) is 9.23. The molecule has 0 radical (unpaired) electrons. The monoisotopic (exact) mass is 319 g/mol. The minimum atomic E-state index is -0.440. The number of nitrogens with one attached hydrogen (secondary N) is 2. The maximum Gasteiger partial charge on any atom is 0.244 e. The average molecular weight is 320 g/mol. The molecule has 0 aromatic rings. The van der Waals surface area contributed by atoms with Crippen molar-refractivity contribution in [3.8, 4) is 0 Å². The highest BCUT2D eigenvalue weighted by molar-refractivity contribution is 5.87. The summed E-state index contributed by atoms with van der Waals surface area (Å²) in [5.74, 6) is -0.0586. The zero-order chi connectivity index (χ0) is 14.4. The van der Waals surface area contributed by atoms with E-state index in [-0.39, 0.29) is 30.3 Å². The first-order chi connectivity index (χ1) is 9.66. The highest BCUT2D eigenvalue weighted by atomic mass is 35.5. The molecule has 21 heavy (non-hydrogen) atoms. The van der Waals surface area contributed by atoms with Gasteiger partial charge in [-0.2, -0.15) is 0 Å². The van der Waals surface area contributed by atoms with E-state index in [4.69, 9.17) is 4.74 Å². The van der Waals surface area contributed by atoms with Gasteiger partial charge in [0.1, 0.15) is 6.04 Å². The number of rotatable bonds is 4. The molecule has 122 valence electrons. The number of likely N-dealkylation sites (tertiary alicyclic amines) is 1. The van der Waals surface area contributed by atoms with Crippen LogP contribution in [0.3, 0.4) is 0 Å². The first kappa shape index (κ1) is 18.2. The lowest BCUT2D eigenvalue weighted by molar-refractivity contribution is -0.137. The van der Waals surface area contributed by atoms with E-state index in [0.717, 1.165) is 32.5 Å². The van der Waals surface area contributed by atoms with Gasteiger partial charge in [-0.3, -0.25) is 9.59 Å². The predicted molar refractivity (Wildman–Crippen MR) is 82.5 cm³/mol. The molecule has 0 aromatic heterocycles. The van der Waals surface area contributed by atoms with E-state index in [0.29, 0.717) is 19.6 Å². The number of nitrogens with zero attached hydrogens (tertiary/aromatic N) is 1. The molecular weight excluding hydrogens is 294 g/mol. The third kappa shape index (κ3) is 5.80. The molecule has 1 unspecified atom stereocenters. The summed E-state index contributed by atoms with van der Waals surface area (Å²) in [6, 6.07) is -0.383. The Morgan fingerprint density at radius 2 is 2.05 bits per heavy atom. The van der Waals surface area contributed by atoms with Crippen molar-refractivity contribution in [2.75, 3.05) is 32.8 Å². The van der Waals surface area contributed by atoms with Crippen molar-refractivity contribution >= 4 is 24.2 Å². The Kier molecular flexibility index (Phi) is 8.00. The van der Waals surface area contributed by atoms with Crippen LogP contribution in [0.1, 0.15) is 32.6 Å². The van der Waals surface area contributed by atoms with Crippen molar-refractivity contribution in [1.82, 2.24) is 15.5 Å². The van der Waals surface area contributed by atoms with Gasteiger partial charge in [0, 0.05) is 32.1 Å². The van der Waals surface area contributed by atoms with E-state index in [1.54, 1.807) is 6.92 Å². The number of carbonyl (C=O) groups excluding carboxylic acids is 2. The molecule has 2 aliphatic rings. The van der Waals surface area contributed by atoms with E-state index in [1.807, 2.05) is 4.90 Å². The van der Waals surface area contributed by atoms with E-state index in [1.165, 1.54) is 6.42 Å². The Morgan fingerprint density at radius 1 is 1.33 bits per heavy atom. The summed E-state index contributed by atoms with van der Waals surface area (Å²) in [5.41, 5.74) is 0. The summed E-state index contributed by atoms with van der Waals surface area (Å²) in [6.45, 7) is 5.43. The predicted octanol–water partition coefficient (Wildman–Crippen LogP) is 0.304. The first-order valence-corrected chi connectivity index (χ1v) is 7.56. The van der Waals surface area contributed by atoms with Crippen molar-refractivity contribution in [3.05, 3.63) is 0 Å². The van der Waals surface area contributed by atoms with Gasteiger partial charge in [0.25, 0.3) is 0 Å². The van der Waals surface area contributed by atoms with Crippen LogP contribution in [-0.4, -0.2) is 61.6 Å². The highest BCUT2D eigenvalue weighted by Gasteiger charge is 2.24. The van der Waals surface area contributed by atoms with Gasteiger partial charge in [-0.1, -0.05) is 0 Å². The van der Waals surface area contributed by atoms with Crippen LogP contribution in [0, 0.1) is 0 Å². The Labute approximate surface area is 132 Å². The molecule has 0 aliphatic carbocycles. The lowest BCUT2D eigenvalue weighted by atomic mass is 10.1. The molecule has 0 spiro atoms. The van der Waals surface area contributed by atoms with Crippen LogP contribution in [0.2, 0.25) is 0 Å². The maximum absolute atomic E-state index is 12.2. The van der Waals surface area contributed by atoms with Crippen LogP contribution in [-0.2, 0) is 14.3 Å². The zero-order valence-corrected chi connectivity index (χ0v) is 13.4. The third-order valence-electron chi connectivity index (χ3n) is 3.85. The number of hydrogen-bond acceptors (Lipinski definition) is 4. The number of morpholine rings is 1. The standard InChI is InChI=1S/C14H25N3O3.ClH/c1-11(14(19)17-6-3-2-4-7-17)16-13(18)9-12-10-20-8-5-15-12;/h11-12,15H,2-10H2,1H3,(H,16,18);1H/t11-,12?;/m0./s1. The van der Waals surface area contributed by atoms with Crippen molar-refractivity contribution in [3.63, 3.8) is 0 Å². The number of piperidine rings is 1. The summed E-state index contributed by atoms with van der Waals surface area (Å²) in [6.07, 6.45) is 3.68. The topological polar surface area (TPSA) is 70.7 Å². The van der Waals surface area contributed by atoms with Gasteiger partial charge in [0.2, 0.25) is 11.8 Å². The fraction of sp³-hybridized carbons (Fsp3) is 0.857. The van der Waals surface area contributed by atoms with E-state index in [9.17, 15) is 9.59 Å². The van der Waals surface area contributed by atoms with Crippen molar-refractivity contribution in [1.29, 1.82) is 0 Å². The van der Waals surface area contributed by atoms with E-state index < -0.39 is 6.04 Å². The SMILES string of the molecule is C[C@H](NC(=O)CC1COCCN1)C(=O)N1CCCCC1.Cl. The molecule has 0 bridgehead atoms. The third-order valence-corrected chi connectivity index (χ3v) is 3.85. The number of halogens is 1. The molecule has 2 N–H and O–H groups in total. The van der Waals surface area contributed by atoms with Gasteiger partial charge in [0.15, 0.2) is 0 Å². The minimum Gasteiger partial charge on any atom is -0.378 e. The normalized spacial score (nSPS) is 23.9. The number of ether oxygens (including phenoxy) is 1. The van der Waals surface area contributed by atoms with Crippen molar-refractivity contribution in [2.45, 2.75) is 44.7 Å². The van der Waals surface area contributed by atoms with Crippen molar-refractivity contribution in [2.24, 2.45) is 0 Å². The molecule has 6 nitrogen and oxygen atoms in total. The molecule has 0 aromatic carbocycles. The Balaban J connectivity index is 0.00000220. The maximum atomic E-state index is 12.2.